The quantitative estimate of drug-likeness (QED) is 0.804. The smallest absolute Gasteiger partial charge is 0.234 e. The number of hydrogen-bond acceptors (Lipinski definition) is 5. The average molecular weight is 351 g/mol. The molecule has 3 fully saturated rings. The molecule has 4 rings (SSSR count). The lowest BCUT2D eigenvalue weighted by molar-refractivity contribution is -0.128. The van der Waals surface area contributed by atoms with Crippen LogP contribution in [0.4, 0.5) is 5.95 Å². The van der Waals surface area contributed by atoms with Gasteiger partial charge in [-0.15, -0.1) is 0 Å². The standard InChI is InChI=1S/C16H24N4O3S/c1-10-9-11(2)18-15(17-10)19-14(21)16-7-5-12(6-8-16)3-4-13(16)20-24(22)23/h9,12-13,20H,3-8H2,1-2H3,(H,22,23)(H,17,18,19,21)/p-1. The van der Waals surface area contributed by atoms with Crippen molar-refractivity contribution in [2.24, 2.45) is 11.3 Å². The zero-order valence-corrected chi connectivity index (χ0v) is 14.8. The summed E-state index contributed by atoms with van der Waals surface area (Å²) in [7, 11) is 0. The third-order valence-electron chi connectivity index (χ3n) is 5.43. The van der Waals surface area contributed by atoms with Crippen LogP contribution in [-0.2, 0) is 16.1 Å². The van der Waals surface area contributed by atoms with Crippen LogP contribution < -0.4 is 10.0 Å². The topological polar surface area (TPSA) is 107 Å². The van der Waals surface area contributed by atoms with Gasteiger partial charge >= 0.3 is 0 Å². The van der Waals surface area contributed by atoms with Gasteiger partial charge in [0.05, 0.1) is 5.41 Å². The summed E-state index contributed by atoms with van der Waals surface area (Å²) in [4.78, 5) is 21.6. The molecule has 3 aliphatic carbocycles. The van der Waals surface area contributed by atoms with E-state index < -0.39 is 16.7 Å². The van der Waals surface area contributed by atoms with Crippen LogP contribution >= 0.6 is 0 Å². The number of fused-ring (bicyclic) bond motifs is 4. The van der Waals surface area contributed by atoms with Crippen LogP contribution in [0.2, 0.25) is 0 Å². The van der Waals surface area contributed by atoms with E-state index in [0.29, 0.717) is 31.1 Å². The van der Waals surface area contributed by atoms with Gasteiger partial charge in [-0.05, 0) is 64.4 Å². The van der Waals surface area contributed by atoms with Crippen molar-refractivity contribution in [2.75, 3.05) is 5.32 Å². The molecule has 7 nitrogen and oxygen atoms in total. The molecule has 1 aromatic heterocycles. The molecule has 2 unspecified atom stereocenters. The Morgan fingerprint density at radius 2 is 1.83 bits per heavy atom. The molecule has 24 heavy (non-hydrogen) atoms. The van der Waals surface area contributed by atoms with Crippen molar-refractivity contribution in [2.45, 2.75) is 58.4 Å². The number of nitrogens with zero attached hydrogens (tertiary/aromatic N) is 2. The number of carbonyl (C=O) groups is 1. The molecule has 8 heteroatoms. The van der Waals surface area contributed by atoms with Gasteiger partial charge < -0.3 is 4.55 Å². The third-order valence-corrected chi connectivity index (χ3v) is 5.90. The number of aromatic nitrogens is 2. The van der Waals surface area contributed by atoms with Crippen molar-refractivity contribution in [3.63, 3.8) is 0 Å². The number of amides is 1. The number of nitrogens with one attached hydrogen (secondary N) is 2. The van der Waals surface area contributed by atoms with Crippen molar-refractivity contribution in [1.29, 1.82) is 0 Å². The minimum atomic E-state index is -2.38. The minimum absolute atomic E-state index is 0.171. The zero-order chi connectivity index (χ0) is 17.3. The number of rotatable bonds is 4. The van der Waals surface area contributed by atoms with Gasteiger partial charge in [0.2, 0.25) is 11.9 Å². The van der Waals surface area contributed by atoms with Gasteiger partial charge in [-0.25, -0.2) is 14.7 Å². The van der Waals surface area contributed by atoms with E-state index in [0.717, 1.165) is 30.7 Å². The Hall–Kier alpha value is -1.38. The van der Waals surface area contributed by atoms with Crippen molar-refractivity contribution >= 4 is 23.1 Å². The second kappa shape index (κ2) is 6.85. The second-order valence-electron chi connectivity index (χ2n) is 7.01. The molecule has 0 radical (unpaired) electrons. The SMILES string of the molecule is Cc1cc(C)nc(NC(=O)C23CCC(CCC2NS(=O)[O-])CC3)n1. The molecule has 3 saturated carbocycles. The van der Waals surface area contributed by atoms with E-state index in [1.807, 2.05) is 19.9 Å². The van der Waals surface area contributed by atoms with Crippen LogP contribution in [0.1, 0.15) is 49.9 Å². The van der Waals surface area contributed by atoms with E-state index in [-0.39, 0.29) is 11.9 Å². The lowest BCUT2D eigenvalue weighted by Gasteiger charge is -2.40. The van der Waals surface area contributed by atoms with Crippen LogP contribution in [0.15, 0.2) is 6.07 Å². The molecular formula is C16H23N4O3S-. The normalized spacial score (nSPS) is 30.6. The summed E-state index contributed by atoms with van der Waals surface area (Å²) in [5.74, 6) is 0.714. The predicted molar refractivity (Wildman–Crippen MR) is 89.6 cm³/mol. The zero-order valence-electron chi connectivity index (χ0n) is 14.0. The summed E-state index contributed by atoms with van der Waals surface area (Å²) in [5, 5.41) is 2.84. The largest absolute Gasteiger partial charge is 0.760 e. The molecular weight excluding hydrogens is 328 g/mol. The minimum Gasteiger partial charge on any atom is -0.760 e. The molecule has 1 amide bonds. The maximum Gasteiger partial charge on any atom is 0.234 e. The number of hydrogen-bond donors (Lipinski definition) is 2. The lowest BCUT2D eigenvalue weighted by Crippen LogP contribution is -2.52. The molecule has 0 aliphatic heterocycles. The van der Waals surface area contributed by atoms with E-state index >= 15 is 0 Å². The first kappa shape index (κ1) is 17.4. The van der Waals surface area contributed by atoms with Crippen LogP contribution in [0.25, 0.3) is 0 Å². The Kier molecular flexibility index (Phi) is 4.98. The summed E-state index contributed by atoms with van der Waals surface area (Å²) >= 11 is -2.38. The van der Waals surface area contributed by atoms with Crippen molar-refractivity contribution in [1.82, 2.24) is 14.7 Å². The lowest BCUT2D eigenvalue weighted by atomic mass is 9.68. The maximum atomic E-state index is 13.1. The third kappa shape index (κ3) is 3.50. The van der Waals surface area contributed by atoms with E-state index in [1.54, 1.807) is 0 Å². The average Bonchev–Trinajstić information content (AvgIpc) is 2.77. The molecule has 132 valence electrons. The highest BCUT2D eigenvalue weighted by molar-refractivity contribution is 7.77. The molecule has 2 atom stereocenters. The number of aryl methyl sites for hydroxylation is 2. The van der Waals surface area contributed by atoms with Gasteiger partial charge in [0, 0.05) is 28.7 Å². The molecule has 1 heterocycles. The highest BCUT2D eigenvalue weighted by atomic mass is 32.2. The number of carbonyl (C=O) groups excluding carboxylic acids is 1. The monoisotopic (exact) mass is 351 g/mol. The Bertz CT molecular complexity index is 638. The highest BCUT2D eigenvalue weighted by Crippen LogP contribution is 2.48. The highest BCUT2D eigenvalue weighted by Gasteiger charge is 2.50. The predicted octanol–water partition coefficient (Wildman–Crippen LogP) is 1.75. The van der Waals surface area contributed by atoms with Crippen molar-refractivity contribution in [3.05, 3.63) is 17.5 Å². The fourth-order valence-electron chi connectivity index (χ4n) is 4.19. The van der Waals surface area contributed by atoms with Crippen molar-refractivity contribution < 1.29 is 13.6 Å². The molecule has 0 aromatic carbocycles. The molecule has 0 saturated heterocycles. The van der Waals surface area contributed by atoms with Gasteiger partial charge in [0.1, 0.15) is 0 Å². The maximum absolute atomic E-state index is 13.1. The van der Waals surface area contributed by atoms with Gasteiger partial charge in [-0.2, -0.15) is 0 Å². The molecule has 3 aliphatic rings. The van der Waals surface area contributed by atoms with Gasteiger partial charge in [0.25, 0.3) is 0 Å². The van der Waals surface area contributed by atoms with Crippen LogP contribution in [0, 0.1) is 25.2 Å². The summed E-state index contributed by atoms with van der Waals surface area (Å²) < 4.78 is 25.0. The molecule has 2 N–H and O–H groups in total. The van der Waals surface area contributed by atoms with E-state index in [4.69, 9.17) is 0 Å². The van der Waals surface area contributed by atoms with E-state index in [1.165, 1.54) is 0 Å². The van der Waals surface area contributed by atoms with Gasteiger partial charge in [-0.1, -0.05) is 0 Å². The molecule has 0 spiro atoms. The summed E-state index contributed by atoms with van der Waals surface area (Å²) in [6.07, 6.45) is 4.98. The Morgan fingerprint density at radius 1 is 1.21 bits per heavy atom. The van der Waals surface area contributed by atoms with Crippen LogP contribution in [0.3, 0.4) is 0 Å². The second-order valence-corrected chi connectivity index (χ2v) is 7.72. The van der Waals surface area contributed by atoms with E-state index in [2.05, 4.69) is 20.0 Å². The first-order valence-electron chi connectivity index (χ1n) is 8.38. The Labute approximate surface area is 144 Å². The fourth-order valence-corrected chi connectivity index (χ4v) is 4.77. The Balaban J connectivity index is 1.87. The summed E-state index contributed by atoms with van der Waals surface area (Å²) in [6.45, 7) is 3.70. The molecule has 1 aromatic rings. The van der Waals surface area contributed by atoms with Gasteiger partial charge in [-0.3, -0.25) is 14.3 Å². The van der Waals surface area contributed by atoms with Crippen LogP contribution in [0.5, 0.6) is 0 Å². The fraction of sp³-hybridized carbons (Fsp3) is 0.688. The Morgan fingerprint density at radius 3 is 2.42 bits per heavy atom. The van der Waals surface area contributed by atoms with Gasteiger partial charge in [0.15, 0.2) is 0 Å². The van der Waals surface area contributed by atoms with Crippen LogP contribution in [-0.4, -0.2) is 30.7 Å². The van der Waals surface area contributed by atoms with E-state index in [9.17, 15) is 13.6 Å². The first-order valence-corrected chi connectivity index (χ1v) is 9.46. The summed E-state index contributed by atoms with van der Waals surface area (Å²) in [6, 6.07) is 1.48. The number of anilines is 1. The molecule has 2 bridgehead atoms. The van der Waals surface area contributed by atoms with Crippen molar-refractivity contribution in [3.8, 4) is 0 Å². The summed E-state index contributed by atoms with van der Waals surface area (Å²) in [5.41, 5.74) is 0.860. The first-order chi connectivity index (χ1) is 11.4.